The van der Waals surface area contributed by atoms with Gasteiger partial charge in [0, 0.05) is 24.1 Å². The van der Waals surface area contributed by atoms with E-state index in [2.05, 4.69) is 44.9 Å². The van der Waals surface area contributed by atoms with Crippen molar-refractivity contribution in [3.63, 3.8) is 0 Å². The summed E-state index contributed by atoms with van der Waals surface area (Å²) in [5, 5.41) is 0. The maximum atomic E-state index is 5.46. The maximum absolute atomic E-state index is 5.46. The topological polar surface area (TPSA) is 15.7 Å². The summed E-state index contributed by atoms with van der Waals surface area (Å²) in [6.07, 6.45) is 1.20. The summed E-state index contributed by atoms with van der Waals surface area (Å²) in [4.78, 5) is 4.79. The van der Waals surface area contributed by atoms with Gasteiger partial charge in [-0.15, -0.1) is 0 Å². The largest absolute Gasteiger partial charge is 0.495 e. The number of likely N-dealkylation sites (N-methyl/N-ethyl adjacent to an activating group) is 1. The predicted octanol–water partition coefficient (Wildman–Crippen LogP) is 2.60. The molecule has 0 saturated carbocycles. The third-order valence-electron chi connectivity index (χ3n) is 3.20. The molecule has 0 aliphatic carbocycles. The minimum atomic E-state index is 0.948. The van der Waals surface area contributed by atoms with E-state index in [0.29, 0.717) is 0 Å². The van der Waals surface area contributed by atoms with Crippen molar-refractivity contribution in [2.24, 2.45) is 0 Å². The van der Waals surface area contributed by atoms with E-state index < -0.39 is 0 Å². The second-order valence-electron chi connectivity index (χ2n) is 4.46. The smallest absolute Gasteiger partial charge is 0.143 e. The van der Waals surface area contributed by atoms with Gasteiger partial charge < -0.3 is 14.5 Å². The zero-order chi connectivity index (χ0) is 12.3. The Morgan fingerprint density at radius 1 is 1.18 bits per heavy atom. The molecule has 1 aromatic carbocycles. The van der Waals surface area contributed by atoms with Crippen molar-refractivity contribution in [3.8, 4) is 5.75 Å². The summed E-state index contributed by atoms with van der Waals surface area (Å²) in [5.41, 5.74) is 1.20. The molecule has 1 saturated heterocycles. The highest BCUT2D eigenvalue weighted by Crippen LogP contribution is 2.31. The molecule has 1 aromatic rings. The summed E-state index contributed by atoms with van der Waals surface area (Å²) >= 11 is 3.48. The molecule has 0 N–H and O–H groups in total. The zero-order valence-electron chi connectivity index (χ0n) is 10.4. The summed E-state index contributed by atoms with van der Waals surface area (Å²) in [5.74, 6) is 0.948. The lowest BCUT2D eigenvalue weighted by molar-refractivity contribution is 0.360. The summed E-state index contributed by atoms with van der Waals surface area (Å²) < 4.78 is 6.52. The van der Waals surface area contributed by atoms with E-state index in [1.165, 1.54) is 18.7 Å². The molecule has 0 radical (unpaired) electrons. The van der Waals surface area contributed by atoms with Gasteiger partial charge in [-0.05, 0) is 38.2 Å². The molecule has 4 heteroatoms. The Hall–Kier alpha value is -0.740. The quantitative estimate of drug-likeness (QED) is 0.835. The highest BCUT2D eigenvalue weighted by molar-refractivity contribution is 9.10. The van der Waals surface area contributed by atoms with Gasteiger partial charge in [0.1, 0.15) is 5.75 Å². The molecule has 1 aliphatic rings. The van der Waals surface area contributed by atoms with Crippen LogP contribution in [-0.4, -0.2) is 45.2 Å². The van der Waals surface area contributed by atoms with Crippen LogP contribution in [-0.2, 0) is 0 Å². The average Bonchev–Trinajstić information content (AvgIpc) is 2.54. The van der Waals surface area contributed by atoms with E-state index in [-0.39, 0.29) is 0 Å². The maximum Gasteiger partial charge on any atom is 0.143 e. The van der Waals surface area contributed by atoms with Gasteiger partial charge in [-0.1, -0.05) is 15.9 Å². The fraction of sp³-hybridized carbons (Fsp3) is 0.538. The molecule has 17 heavy (non-hydrogen) atoms. The molecule has 0 bridgehead atoms. The first-order valence-corrected chi connectivity index (χ1v) is 6.77. The Labute approximate surface area is 111 Å². The number of benzene rings is 1. The predicted molar refractivity (Wildman–Crippen MR) is 75.0 cm³/mol. The summed E-state index contributed by atoms with van der Waals surface area (Å²) in [7, 11) is 3.91. The number of ether oxygens (including phenoxy) is 1. The van der Waals surface area contributed by atoms with Gasteiger partial charge in [0.05, 0.1) is 12.8 Å². The van der Waals surface area contributed by atoms with Crippen LogP contribution in [0.3, 0.4) is 0 Å². The van der Waals surface area contributed by atoms with Gasteiger partial charge in [-0.3, -0.25) is 0 Å². The van der Waals surface area contributed by atoms with Crippen molar-refractivity contribution >= 4 is 21.6 Å². The summed E-state index contributed by atoms with van der Waals surface area (Å²) in [6.45, 7) is 4.45. The van der Waals surface area contributed by atoms with Crippen molar-refractivity contribution in [3.05, 3.63) is 22.7 Å². The van der Waals surface area contributed by atoms with E-state index in [1.807, 2.05) is 6.07 Å². The lowest BCUT2D eigenvalue weighted by Crippen LogP contribution is -2.28. The van der Waals surface area contributed by atoms with Gasteiger partial charge in [-0.25, -0.2) is 0 Å². The monoisotopic (exact) mass is 298 g/mol. The number of hydrogen-bond donors (Lipinski definition) is 0. The standard InChI is InChI=1S/C13H19BrN2O/c1-15-6-3-7-16(9-8-15)12-5-4-11(14)10-13(12)17-2/h4-5,10H,3,6-9H2,1-2H3. The highest BCUT2D eigenvalue weighted by atomic mass is 79.9. The number of nitrogens with zero attached hydrogens (tertiary/aromatic N) is 2. The van der Waals surface area contributed by atoms with Crippen LogP contribution < -0.4 is 9.64 Å². The van der Waals surface area contributed by atoms with Gasteiger partial charge in [0.2, 0.25) is 0 Å². The van der Waals surface area contributed by atoms with E-state index in [1.54, 1.807) is 7.11 Å². The molecule has 1 fully saturated rings. The Bertz CT molecular complexity index is 384. The molecule has 2 rings (SSSR count). The first-order chi connectivity index (χ1) is 8.20. The molecule has 0 aromatic heterocycles. The average molecular weight is 299 g/mol. The summed E-state index contributed by atoms with van der Waals surface area (Å²) in [6, 6.07) is 6.24. The molecule has 94 valence electrons. The van der Waals surface area contributed by atoms with Gasteiger partial charge in [-0.2, -0.15) is 0 Å². The molecule has 3 nitrogen and oxygen atoms in total. The zero-order valence-corrected chi connectivity index (χ0v) is 12.0. The fourth-order valence-electron chi connectivity index (χ4n) is 2.20. The van der Waals surface area contributed by atoms with Crippen molar-refractivity contribution in [1.29, 1.82) is 0 Å². The number of hydrogen-bond acceptors (Lipinski definition) is 3. The van der Waals surface area contributed by atoms with Gasteiger partial charge in [0.15, 0.2) is 0 Å². The van der Waals surface area contributed by atoms with E-state index in [4.69, 9.17) is 4.74 Å². The molecular weight excluding hydrogens is 280 g/mol. The van der Waals surface area contributed by atoms with Crippen molar-refractivity contribution < 1.29 is 4.74 Å². The van der Waals surface area contributed by atoms with Crippen LogP contribution >= 0.6 is 15.9 Å². The van der Waals surface area contributed by atoms with Crippen molar-refractivity contribution in [1.82, 2.24) is 4.90 Å². The van der Waals surface area contributed by atoms with E-state index in [9.17, 15) is 0 Å². The van der Waals surface area contributed by atoms with E-state index >= 15 is 0 Å². The van der Waals surface area contributed by atoms with Crippen LogP contribution in [0.1, 0.15) is 6.42 Å². The lowest BCUT2D eigenvalue weighted by atomic mass is 10.2. The fourth-order valence-corrected chi connectivity index (χ4v) is 2.54. The van der Waals surface area contributed by atoms with Gasteiger partial charge in [0.25, 0.3) is 0 Å². The van der Waals surface area contributed by atoms with Crippen LogP contribution in [0.4, 0.5) is 5.69 Å². The van der Waals surface area contributed by atoms with Crippen LogP contribution in [0.25, 0.3) is 0 Å². The Morgan fingerprint density at radius 2 is 2.00 bits per heavy atom. The molecular formula is C13H19BrN2O. The molecule has 1 aliphatic heterocycles. The highest BCUT2D eigenvalue weighted by Gasteiger charge is 2.15. The minimum absolute atomic E-state index is 0.948. The first-order valence-electron chi connectivity index (χ1n) is 5.98. The molecule has 0 unspecified atom stereocenters. The molecule has 0 atom stereocenters. The van der Waals surface area contributed by atoms with Crippen LogP contribution in [0.5, 0.6) is 5.75 Å². The van der Waals surface area contributed by atoms with E-state index in [0.717, 1.165) is 29.9 Å². The number of rotatable bonds is 2. The normalized spacial score (nSPS) is 17.9. The first kappa shape index (κ1) is 12.7. The number of methoxy groups -OCH3 is 1. The Kier molecular flexibility index (Phi) is 4.29. The third-order valence-corrected chi connectivity index (χ3v) is 3.70. The molecule has 0 amide bonds. The molecule has 0 spiro atoms. The van der Waals surface area contributed by atoms with Crippen LogP contribution in [0.2, 0.25) is 0 Å². The second kappa shape index (κ2) is 5.74. The Morgan fingerprint density at radius 3 is 2.76 bits per heavy atom. The lowest BCUT2D eigenvalue weighted by Gasteiger charge is -2.24. The van der Waals surface area contributed by atoms with Crippen LogP contribution in [0, 0.1) is 0 Å². The number of anilines is 1. The van der Waals surface area contributed by atoms with Crippen molar-refractivity contribution in [2.45, 2.75) is 6.42 Å². The Balaban J connectivity index is 2.20. The SMILES string of the molecule is COc1cc(Br)ccc1N1CCCN(C)CC1. The van der Waals surface area contributed by atoms with Crippen LogP contribution in [0.15, 0.2) is 22.7 Å². The third kappa shape index (κ3) is 3.13. The second-order valence-corrected chi connectivity index (χ2v) is 5.38. The molecule has 1 heterocycles. The number of halogens is 1. The minimum Gasteiger partial charge on any atom is -0.495 e. The van der Waals surface area contributed by atoms with Crippen molar-refractivity contribution in [2.75, 3.05) is 45.2 Å². The van der Waals surface area contributed by atoms with Gasteiger partial charge >= 0.3 is 0 Å².